The smallest absolute Gasteiger partial charge is 0.250 e. The van der Waals surface area contributed by atoms with Gasteiger partial charge in [-0.2, -0.15) is 0 Å². The van der Waals surface area contributed by atoms with Crippen LogP contribution in [0.1, 0.15) is 5.56 Å². The number of anilines is 2. The van der Waals surface area contributed by atoms with Gasteiger partial charge in [0.15, 0.2) is 11.6 Å². The van der Waals surface area contributed by atoms with Gasteiger partial charge >= 0.3 is 0 Å². The minimum absolute atomic E-state index is 0.0194. The zero-order valence-corrected chi connectivity index (χ0v) is 41.4. The highest BCUT2D eigenvalue weighted by Crippen LogP contribution is 2.50. The second kappa shape index (κ2) is 20.4. The van der Waals surface area contributed by atoms with E-state index < -0.39 is 5.91 Å². The Morgan fingerprint density at radius 2 is 1.30 bits per heavy atom. The summed E-state index contributed by atoms with van der Waals surface area (Å²) in [6, 6.07) is 23.2. The molecule has 0 spiro atoms. The molecular weight excluding hydrogens is 990 g/mol. The van der Waals surface area contributed by atoms with Gasteiger partial charge in [0.2, 0.25) is 5.91 Å². The number of hydrogen-bond acceptors (Lipinski definition) is 12. The predicted molar refractivity (Wildman–Crippen MR) is 278 cm³/mol. The maximum absolute atomic E-state index is 12.7. The van der Waals surface area contributed by atoms with Crippen molar-refractivity contribution in [3.63, 3.8) is 0 Å². The fourth-order valence-electron chi connectivity index (χ4n) is 8.12. The lowest BCUT2D eigenvalue weighted by Crippen LogP contribution is -2.36. The van der Waals surface area contributed by atoms with Gasteiger partial charge in [-0.25, -0.2) is 19.9 Å². The quantitative estimate of drug-likeness (QED) is 0.103. The van der Waals surface area contributed by atoms with Crippen molar-refractivity contribution in [1.82, 2.24) is 19.9 Å². The SMILES string of the molecule is C=CC(=O)Nc1ccc(COc2cc(OC)c(Cl)c(-c3ccc4nc(-c5ccc6c(c5)N(C(=O)C=C)CCO6)ncc4c3)c2Cl)cc1-c1ncc2cc(-c3c(Cl)c(OC)cc(OC)c3Cl)c(OC)cc2n1. The van der Waals surface area contributed by atoms with E-state index >= 15 is 0 Å². The molecular formula is C53H40Cl4N6O8. The van der Waals surface area contributed by atoms with Crippen LogP contribution < -0.4 is 38.6 Å². The van der Waals surface area contributed by atoms with Gasteiger partial charge in [0.1, 0.15) is 47.7 Å². The van der Waals surface area contributed by atoms with Crippen LogP contribution in [0.15, 0.2) is 117 Å². The molecule has 0 atom stereocenters. The normalized spacial score (nSPS) is 11.9. The Kier molecular flexibility index (Phi) is 13.9. The van der Waals surface area contributed by atoms with Gasteiger partial charge in [-0.15, -0.1) is 0 Å². The number of hydrogen-bond donors (Lipinski definition) is 1. The number of carbonyl (C=O) groups excluding carboxylic acids is 2. The van der Waals surface area contributed by atoms with Gasteiger partial charge in [-0.1, -0.05) is 71.7 Å². The van der Waals surface area contributed by atoms with Crippen molar-refractivity contribution in [2.45, 2.75) is 6.61 Å². The molecule has 0 radical (unpaired) electrons. The van der Waals surface area contributed by atoms with Gasteiger partial charge in [-0.05, 0) is 71.8 Å². The highest BCUT2D eigenvalue weighted by Gasteiger charge is 2.26. The molecule has 0 unspecified atom stereocenters. The van der Waals surface area contributed by atoms with Gasteiger partial charge in [0.05, 0.1) is 77.5 Å². The van der Waals surface area contributed by atoms with Crippen molar-refractivity contribution >= 4 is 91.4 Å². The number of methoxy groups -OCH3 is 4. The Balaban J connectivity index is 1.03. The molecule has 0 saturated carbocycles. The Morgan fingerprint density at radius 1 is 0.662 bits per heavy atom. The van der Waals surface area contributed by atoms with Gasteiger partial charge in [0, 0.05) is 69.2 Å². The first kappa shape index (κ1) is 48.4. The first-order chi connectivity index (χ1) is 34.4. The monoisotopic (exact) mass is 1030 g/mol. The van der Waals surface area contributed by atoms with Gasteiger partial charge in [0.25, 0.3) is 5.91 Å². The van der Waals surface area contributed by atoms with E-state index in [9.17, 15) is 9.59 Å². The molecule has 1 aliphatic heterocycles. The molecule has 1 N–H and O–H groups in total. The van der Waals surface area contributed by atoms with Crippen molar-refractivity contribution in [2.24, 2.45) is 0 Å². The first-order valence-electron chi connectivity index (χ1n) is 21.6. The molecule has 1 aliphatic rings. The van der Waals surface area contributed by atoms with Crippen LogP contribution in [0.5, 0.6) is 34.5 Å². The number of halogens is 4. The minimum atomic E-state index is -0.433. The lowest BCUT2D eigenvalue weighted by Gasteiger charge is -2.29. The molecule has 2 amide bonds. The van der Waals surface area contributed by atoms with E-state index in [2.05, 4.69) is 23.5 Å². The minimum Gasteiger partial charge on any atom is -0.496 e. The van der Waals surface area contributed by atoms with E-state index in [0.717, 1.165) is 0 Å². The topological polar surface area (TPSA) is 156 Å². The molecule has 2 aromatic heterocycles. The van der Waals surface area contributed by atoms with E-state index in [0.29, 0.717) is 126 Å². The van der Waals surface area contributed by atoms with Crippen LogP contribution in [0, 0.1) is 0 Å². The number of fused-ring (bicyclic) bond motifs is 3. The number of ether oxygens (including phenoxy) is 6. The number of carbonyl (C=O) groups is 2. The summed E-state index contributed by atoms with van der Waals surface area (Å²) in [7, 11) is 6.02. The molecule has 6 aromatic carbocycles. The standard InChI is InChI=1S/C53H40Cl4N6O8/c1-7-44(64)60-35-12-9-27(17-32(35)53-59-25-31-19-33(39(66-3)21-36(31)62-53)47-49(55)40(67-4)22-41(68-5)50(47)56)26-71-43-23-42(69-6)48(54)46(51(43)57)28-10-13-34-30(18-28)24-58-52(61-34)29-11-14-38-37(20-29)63(15-16-70-38)45(65)8-2/h7-14,17-25H,1-2,15-16,26H2,3-6H3,(H,60,64). The molecule has 0 saturated heterocycles. The zero-order valence-electron chi connectivity index (χ0n) is 38.4. The predicted octanol–water partition coefficient (Wildman–Crippen LogP) is 12.5. The summed E-state index contributed by atoms with van der Waals surface area (Å²) in [5.41, 5.74) is 6.23. The maximum atomic E-state index is 12.7. The third-order valence-corrected chi connectivity index (χ3v) is 13.2. The number of rotatable bonds is 14. The molecule has 14 nitrogen and oxygen atoms in total. The Hall–Kier alpha value is -7.62. The molecule has 358 valence electrons. The molecule has 0 bridgehead atoms. The third kappa shape index (κ3) is 9.30. The van der Waals surface area contributed by atoms with Crippen LogP contribution in [0.2, 0.25) is 20.1 Å². The number of nitrogens with zero attached hydrogens (tertiary/aromatic N) is 5. The second-order valence-corrected chi connectivity index (χ2v) is 17.2. The second-order valence-electron chi connectivity index (χ2n) is 15.7. The fraction of sp³-hybridized carbons (Fsp3) is 0.132. The first-order valence-corrected chi connectivity index (χ1v) is 23.1. The van der Waals surface area contributed by atoms with E-state index in [4.69, 9.17) is 89.8 Å². The van der Waals surface area contributed by atoms with Crippen molar-refractivity contribution in [3.8, 4) is 79.5 Å². The Bertz CT molecular complexity index is 3470. The van der Waals surface area contributed by atoms with Crippen molar-refractivity contribution in [3.05, 3.63) is 142 Å². The lowest BCUT2D eigenvalue weighted by molar-refractivity contribution is -0.114. The summed E-state index contributed by atoms with van der Waals surface area (Å²) >= 11 is 27.7. The highest BCUT2D eigenvalue weighted by atomic mass is 35.5. The number of benzene rings is 6. The van der Waals surface area contributed by atoms with E-state index in [1.165, 1.54) is 40.6 Å². The summed E-state index contributed by atoms with van der Waals surface area (Å²) in [6.45, 7) is 8.04. The van der Waals surface area contributed by atoms with Crippen LogP contribution in [0.3, 0.4) is 0 Å². The van der Waals surface area contributed by atoms with Crippen LogP contribution >= 0.6 is 46.4 Å². The maximum Gasteiger partial charge on any atom is 0.250 e. The summed E-state index contributed by atoms with van der Waals surface area (Å²) < 4.78 is 34.7. The summed E-state index contributed by atoms with van der Waals surface area (Å²) in [5, 5.41) is 5.24. The largest absolute Gasteiger partial charge is 0.496 e. The number of aromatic nitrogens is 4. The van der Waals surface area contributed by atoms with Gasteiger partial charge < -0.3 is 38.6 Å². The highest BCUT2D eigenvalue weighted by molar-refractivity contribution is 6.42. The van der Waals surface area contributed by atoms with E-state index in [-0.39, 0.29) is 38.4 Å². The summed E-state index contributed by atoms with van der Waals surface area (Å²) in [4.78, 5) is 46.0. The molecule has 3 heterocycles. The van der Waals surface area contributed by atoms with E-state index in [1.54, 1.807) is 53.7 Å². The molecule has 71 heavy (non-hydrogen) atoms. The van der Waals surface area contributed by atoms with Crippen LogP contribution in [-0.2, 0) is 16.2 Å². The molecule has 18 heteroatoms. The Labute approximate surface area is 427 Å². The number of amides is 2. The molecule has 8 aromatic rings. The average molecular weight is 1030 g/mol. The van der Waals surface area contributed by atoms with Crippen LogP contribution in [0.4, 0.5) is 11.4 Å². The Morgan fingerprint density at radius 3 is 1.99 bits per heavy atom. The van der Waals surface area contributed by atoms with Crippen LogP contribution in [-0.4, -0.2) is 73.3 Å². The lowest BCUT2D eigenvalue weighted by atomic mass is 10.0. The molecule has 9 rings (SSSR count). The van der Waals surface area contributed by atoms with E-state index in [1.807, 2.05) is 42.5 Å². The van der Waals surface area contributed by atoms with Gasteiger partial charge in [-0.3, -0.25) is 9.59 Å². The van der Waals surface area contributed by atoms with Crippen LogP contribution in [0.25, 0.3) is 66.8 Å². The van der Waals surface area contributed by atoms with Crippen molar-refractivity contribution in [1.29, 1.82) is 0 Å². The fourth-order valence-corrected chi connectivity index (χ4v) is 9.52. The molecule has 0 fully saturated rings. The summed E-state index contributed by atoms with van der Waals surface area (Å²) in [6.07, 6.45) is 5.80. The number of nitrogens with one attached hydrogen (secondary N) is 1. The van der Waals surface area contributed by atoms with Crippen molar-refractivity contribution in [2.75, 3.05) is 51.8 Å². The average Bonchev–Trinajstić information content (AvgIpc) is 3.39. The van der Waals surface area contributed by atoms with Crippen molar-refractivity contribution < 1.29 is 38.0 Å². The molecule has 0 aliphatic carbocycles. The zero-order chi connectivity index (χ0) is 50.1. The third-order valence-electron chi connectivity index (χ3n) is 11.6. The summed E-state index contributed by atoms with van der Waals surface area (Å²) in [5.74, 6) is 2.44.